The summed E-state index contributed by atoms with van der Waals surface area (Å²) in [6.45, 7) is 2.11. The van der Waals surface area contributed by atoms with Crippen molar-refractivity contribution < 1.29 is 23.8 Å². The fourth-order valence-corrected chi connectivity index (χ4v) is 1.39. The van der Waals surface area contributed by atoms with E-state index in [9.17, 15) is 14.0 Å². The Morgan fingerprint density at radius 3 is 2.75 bits per heavy atom. The van der Waals surface area contributed by atoms with Crippen molar-refractivity contribution in [1.29, 1.82) is 0 Å². The molecule has 0 radical (unpaired) electrons. The smallest absolute Gasteiger partial charge is 0.328 e. The van der Waals surface area contributed by atoms with Gasteiger partial charge in [0.25, 0.3) is 5.91 Å². The monoisotopic (exact) mass is 281 g/mol. The SMILES string of the molecule is COC(C)CNC(=O)c1ccc(/C=C/C(=O)O)c(F)c1. The van der Waals surface area contributed by atoms with Crippen LogP contribution in [0.1, 0.15) is 22.8 Å². The van der Waals surface area contributed by atoms with Gasteiger partial charge in [0.05, 0.1) is 6.10 Å². The number of amides is 1. The van der Waals surface area contributed by atoms with Crippen molar-refractivity contribution in [3.8, 4) is 0 Å². The Labute approximate surface area is 116 Å². The molecule has 1 amide bonds. The molecule has 5 nitrogen and oxygen atoms in total. The van der Waals surface area contributed by atoms with Gasteiger partial charge >= 0.3 is 5.97 Å². The van der Waals surface area contributed by atoms with Crippen LogP contribution in [0, 0.1) is 5.82 Å². The molecule has 0 aliphatic rings. The van der Waals surface area contributed by atoms with Gasteiger partial charge in [-0.1, -0.05) is 6.07 Å². The number of aliphatic carboxylic acids is 1. The highest BCUT2D eigenvalue weighted by molar-refractivity contribution is 5.94. The van der Waals surface area contributed by atoms with Gasteiger partial charge in [0.1, 0.15) is 5.82 Å². The van der Waals surface area contributed by atoms with Crippen LogP contribution in [0.5, 0.6) is 0 Å². The van der Waals surface area contributed by atoms with Gasteiger partial charge in [-0.15, -0.1) is 0 Å². The highest BCUT2D eigenvalue weighted by atomic mass is 19.1. The number of halogens is 1. The second-order valence-corrected chi connectivity index (χ2v) is 4.16. The van der Waals surface area contributed by atoms with Gasteiger partial charge in [0.2, 0.25) is 0 Å². The summed E-state index contributed by atoms with van der Waals surface area (Å²) in [6, 6.07) is 3.84. The molecule has 20 heavy (non-hydrogen) atoms. The maximum atomic E-state index is 13.7. The van der Waals surface area contributed by atoms with Crippen LogP contribution in [0.15, 0.2) is 24.3 Å². The fraction of sp³-hybridized carbons (Fsp3) is 0.286. The molecule has 0 heterocycles. The first-order valence-electron chi connectivity index (χ1n) is 5.95. The molecule has 1 aromatic carbocycles. The lowest BCUT2D eigenvalue weighted by Gasteiger charge is -2.11. The standard InChI is InChI=1S/C14H16FNO4/c1-9(20-2)8-16-14(19)11-4-3-10(12(15)7-11)5-6-13(17)18/h3-7,9H,8H2,1-2H3,(H,16,19)(H,17,18)/b6-5+. The van der Waals surface area contributed by atoms with E-state index in [-0.39, 0.29) is 17.2 Å². The number of ether oxygens (including phenoxy) is 1. The molecule has 0 spiro atoms. The molecule has 1 unspecified atom stereocenters. The van der Waals surface area contributed by atoms with Gasteiger partial charge in [-0.25, -0.2) is 9.18 Å². The van der Waals surface area contributed by atoms with E-state index in [0.717, 1.165) is 18.2 Å². The van der Waals surface area contributed by atoms with E-state index >= 15 is 0 Å². The molecule has 0 aliphatic heterocycles. The predicted molar refractivity (Wildman–Crippen MR) is 71.9 cm³/mol. The molecule has 1 rings (SSSR count). The zero-order valence-corrected chi connectivity index (χ0v) is 11.2. The summed E-state index contributed by atoms with van der Waals surface area (Å²) in [5.74, 6) is -2.24. The predicted octanol–water partition coefficient (Wildman–Crippen LogP) is 1.69. The zero-order valence-electron chi connectivity index (χ0n) is 11.2. The van der Waals surface area contributed by atoms with E-state index in [1.165, 1.54) is 19.2 Å². The summed E-state index contributed by atoms with van der Waals surface area (Å²) >= 11 is 0. The third kappa shape index (κ3) is 4.81. The molecule has 1 aromatic rings. The van der Waals surface area contributed by atoms with Crippen LogP contribution in [0.25, 0.3) is 6.08 Å². The highest BCUT2D eigenvalue weighted by Crippen LogP contribution is 2.12. The van der Waals surface area contributed by atoms with Gasteiger partial charge in [0, 0.05) is 30.9 Å². The Bertz CT molecular complexity index is 528. The Kier molecular flexibility index (Phi) is 5.86. The van der Waals surface area contributed by atoms with Crippen LogP contribution in [-0.4, -0.2) is 36.7 Å². The van der Waals surface area contributed by atoms with Crippen molar-refractivity contribution in [2.75, 3.05) is 13.7 Å². The van der Waals surface area contributed by atoms with E-state index in [0.29, 0.717) is 6.54 Å². The van der Waals surface area contributed by atoms with Crippen LogP contribution in [0.2, 0.25) is 0 Å². The molecule has 0 aromatic heterocycles. The van der Waals surface area contributed by atoms with Crippen molar-refractivity contribution >= 4 is 18.0 Å². The van der Waals surface area contributed by atoms with E-state index < -0.39 is 17.7 Å². The molecular weight excluding hydrogens is 265 g/mol. The zero-order chi connectivity index (χ0) is 15.1. The van der Waals surface area contributed by atoms with Gasteiger partial charge < -0.3 is 15.2 Å². The molecule has 0 bridgehead atoms. The molecule has 1 atom stereocenters. The Hall–Kier alpha value is -2.21. The average Bonchev–Trinajstić information content (AvgIpc) is 2.42. The van der Waals surface area contributed by atoms with Crippen molar-refractivity contribution in [2.24, 2.45) is 0 Å². The largest absolute Gasteiger partial charge is 0.478 e. The first-order chi connectivity index (χ1) is 9.43. The number of carbonyl (C=O) groups excluding carboxylic acids is 1. The first-order valence-corrected chi connectivity index (χ1v) is 5.95. The number of carbonyl (C=O) groups is 2. The Morgan fingerprint density at radius 2 is 2.20 bits per heavy atom. The van der Waals surface area contributed by atoms with Crippen molar-refractivity contribution in [1.82, 2.24) is 5.32 Å². The van der Waals surface area contributed by atoms with Crippen LogP contribution in [-0.2, 0) is 9.53 Å². The molecule has 6 heteroatoms. The van der Waals surface area contributed by atoms with E-state index in [1.807, 2.05) is 0 Å². The van der Waals surface area contributed by atoms with E-state index in [2.05, 4.69) is 5.32 Å². The lowest BCUT2D eigenvalue weighted by molar-refractivity contribution is -0.131. The second-order valence-electron chi connectivity index (χ2n) is 4.16. The molecule has 0 aliphatic carbocycles. The number of carboxylic acid groups (broad SMARTS) is 1. The minimum atomic E-state index is -1.17. The number of methoxy groups -OCH3 is 1. The van der Waals surface area contributed by atoms with Crippen LogP contribution >= 0.6 is 0 Å². The second kappa shape index (κ2) is 7.40. The van der Waals surface area contributed by atoms with Crippen LogP contribution in [0.4, 0.5) is 4.39 Å². The number of hydrogen-bond donors (Lipinski definition) is 2. The molecule has 0 saturated carbocycles. The van der Waals surface area contributed by atoms with Crippen LogP contribution in [0.3, 0.4) is 0 Å². The summed E-state index contributed by atoms with van der Waals surface area (Å²) in [6.07, 6.45) is 1.83. The van der Waals surface area contributed by atoms with Gasteiger partial charge in [-0.2, -0.15) is 0 Å². The first kappa shape index (κ1) is 15.8. The molecule has 0 fully saturated rings. The minimum Gasteiger partial charge on any atom is -0.478 e. The van der Waals surface area contributed by atoms with Gasteiger partial charge in [0.15, 0.2) is 0 Å². The molecule has 108 valence electrons. The molecule has 0 saturated heterocycles. The maximum absolute atomic E-state index is 13.7. The number of rotatable bonds is 6. The van der Waals surface area contributed by atoms with Crippen molar-refractivity contribution in [2.45, 2.75) is 13.0 Å². The number of hydrogen-bond acceptors (Lipinski definition) is 3. The molecule has 2 N–H and O–H groups in total. The third-order valence-electron chi connectivity index (χ3n) is 2.62. The Balaban J connectivity index is 2.76. The molecular formula is C14H16FNO4. The van der Waals surface area contributed by atoms with Crippen molar-refractivity contribution in [3.63, 3.8) is 0 Å². The van der Waals surface area contributed by atoms with Gasteiger partial charge in [-0.05, 0) is 25.1 Å². The third-order valence-corrected chi connectivity index (χ3v) is 2.62. The van der Waals surface area contributed by atoms with E-state index in [4.69, 9.17) is 9.84 Å². The lowest BCUT2D eigenvalue weighted by Crippen LogP contribution is -2.31. The lowest BCUT2D eigenvalue weighted by atomic mass is 10.1. The topological polar surface area (TPSA) is 75.6 Å². The van der Waals surface area contributed by atoms with Crippen LogP contribution < -0.4 is 5.32 Å². The van der Waals surface area contributed by atoms with E-state index in [1.54, 1.807) is 6.92 Å². The maximum Gasteiger partial charge on any atom is 0.328 e. The normalized spacial score (nSPS) is 12.3. The number of nitrogens with one attached hydrogen (secondary N) is 1. The summed E-state index contributed by atoms with van der Waals surface area (Å²) in [5, 5.41) is 11.1. The fourth-order valence-electron chi connectivity index (χ4n) is 1.39. The van der Waals surface area contributed by atoms with Gasteiger partial charge in [-0.3, -0.25) is 4.79 Å². The number of benzene rings is 1. The quantitative estimate of drug-likeness (QED) is 0.778. The average molecular weight is 281 g/mol. The summed E-state index contributed by atoms with van der Waals surface area (Å²) < 4.78 is 18.7. The summed E-state index contributed by atoms with van der Waals surface area (Å²) in [7, 11) is 1.53. The number of carboxylic acids is 1. The highest BCUT2D eigenvalue weighted by Gasteiger charge is 2.10. The summed E-state index contributed by atoms with van der Waals surface area (Å²) in [4.78, 5) is 22.1. The van der Waals surface area contributed by atoms with Crippen molar-refractivity contribution in [3.05, 3.63) is 41.2 Å². The summed E-state index contributed by atoms with van der Waals surface area (Å²) in [5.41, 5.74) is 0.271. The minimum absolute atomic E-state index is 0.106. The Morgan fingerprint density at radius 1 is 1.50 bits per heavy atom.